The van der Waals surface area contributed by atoms with Crippen LogP contribution in [0.3, 0.4) is 0 Å². The SMILES string of the molecule is CC1CC(C)CC(Oc2ccc(C#N)cc2Cl)C1. The normalized spacial score (nSPS) is 27.6. The number of hydrogen-bond acceptors (Lipinski definition) is 2. The molecule has 18 heavy (non-hydrogen) atoms. The lowest BCUT2D eigenvalue weighted by molar-refractivity contribution is 0.101. The van der Waals surface area contributed by atoms with Crippen LogP contribution in [0.5, 0.6) is 5.75 Å². The van der Waals surface area contributed by atoms with E-state index in [0.717, 1.165) is 12.8 Å². The molecule has 2 nitrogen and oxygen atoms in total. The van der Waals surface area contributed by atoms with E-state index in [2.05, 4.69) is 19.9 Å². The molecule has 1 fully saturated rings. The van der Waals surface area contributed by atoms with E-state index in [9.17, 15) is 0 Å². The van der Waals surface area contributed by atoms with Gasteiger partial charge in [-0.1, -0.05) is 25.4 Å². The van der Waals surface area contributed by atoms with Gasteiger partial charge >= 0.3 is 0 Å². The van der Waals surface area contributed by atoms with Crippen molar-refractivity contribution in [2.24, 2.45) is 11.8 Å². The summed E-state index contributed by atoms with van der Waals surface area (Å²) in [5.74, 6) is 2.11. The summed E-state index contributed by atoms with van der Waals surface area (Å²) in [7, 11) is 0. The fourth-order valence-corrected chi connectivity index (χ4v) is 3.04. The second kappa shape index (κ2) is 5.63. The Morgan fingerprint density at radius 2 is 1.89 bits per heavy atom. The molecule has 2 atom stereocenters. The molecule has 0 heterocycles. The summed E-state index contributed by atoms with van der Waals surface area (Å²) >= 11 is 6.12. The van der Waals surface area contributed by atoms with Gasteiger partial charge in [0.1, 0.15) is 5.75 Å². The lowest BCUT2D eigenvalue weighted by atomic mass is 9.82. The monoisotopic (exact) mass is 263 g/mol. The van der Waals surface area contributed by atoms with Crippen molar-refractivity contribution in [2.75, 3.05) is 0 Å². The zero-order chi connectivity index (χ0) is 13.1. The molecule has 0 bridgehead atoms. The predicted molar refractivity (Wildman–Crippen MR) is 72.8 cm³/mol. The molecule has 1 aliphatic carbocycles. The third-order valence-corrected chi connectivity index (χ3v) is 3.79. The third kappa shape index (κ3) is 3.17. The Balaban J connectivity index is 2.07. The van der Waals surface area contributed by atoms with Crippen molar-refractivity contribution in [2.45, 2.75) is 39.2 Å². The van der Waals surface area contributed by atoms with Crippen LogP contribution < -0.4 is 4.74 Å². The van der Waals surface area contributed by atoms with Crippen LogP contribution in [0.25, 0.3) is 0 Å². The third-order valence-electron chi connectivity index (χ3n) is 3.49. The molecule has 2 rings (SSSR count). The minimum absolute atomic E-state index is 0.245. The van der Waals surface area contributed by atoms with E-state index in [4.69, 9.17) is 21.6 Å². The average Bonchev–Trinajstić information content (AvgIpc) is 2.30. The zero-order valence-electron chi connectivity index (χ0n) is 10.8. The van der Waals surface area contributed by atoms with Crippen LogP contribution in [-0.4, -0.2) is 6.10 Å². The minimum atomic E-state index is 0.245. The lowest BCUT2D eigenvalue weighted by Gasteiger charge is -2.31. The van der Waals surface area contributed by atoms with Gasteiger partial charge in [-0.2, -0.15) is 5.26 Å². The van der Waals surface area contributed by atoms with Gasteiger partial charge in [0.05, 0.1) is 22.8 Å². The lowest BCUT2D eigenvalue weighted by Crippen LogP contribution is -2.28. The van der Waals surface area contributed by atoms with E-state index in [1.807, 2.05) is 0 Å². The molecule has 0 amide bonds. The second-order valence-electron chi connectivity index (χ2n) is 5.41. The van der Waals surface area contributed by atoms with E-state index in [0.29, 0.717) is 28.2 Å². The number of benzene rings is 1. The van der Waals surface area contributed by atoms with Crippen LogP contribution in [0.15, 0.2) is 18.2 Å². The molecule has 2 unspecified atom stereocenters. The summed E-state index contributed by atoms with van der Waals surface area (Å²) in [4.78, 5) is 0. The van der Waals surface area contributed by atoms with Gasteiger partial charge in [-0.3, -0.25) is 0 Å². The Morgan fingerprint density at radius 1 is 1.22 bits per heavy atom. The quantitative estimate of drug-likeness (QED) is 0.792. The van der Waals surface area contributed by atoms with Crippen LogP contribution in [0.4, 0.5) is 0 Å². The van der Waals surface area contributed by atoms with E-state index in [1.165, 1.54) is 6.42 Å². The van der Waals surface area contributed by atoms with Crippen LogP contribution in [-0.2, 0) is 0 Å². The first kappa shape index (κ1) is 13.2. The van der Waals surface area contributed by atoms with Crippen molar-refractivity contribution in [3.63, 3.8) is 0 Å². The van der Waals surface area contributed by atoms with Crippen molar-refractivity contribution in [3.8, 4) is 11.8 Å². The van der Waals surface area contributed by atoms with Crippen molar-refractivity contribution in [3.05, 3.63) is 28.8 Å². The van der Waals surface area contributed by atoms with Crippen LogP contribution in [0, 0.1) is 23.2 Å². The highest BCUT2D eigenvalue weighted by Gasteiger charge is 2.25. The Labute approximate surface area is 114 Å². The average molecular weight is 264 g/mol. The summed E-state index contributed by atoms with van der Waals surface area (Å²) in [5, 5.41) is 9.32. The van der Waals surface area contributed by atoms with Crippen LogP contribution >= 0.6 is 11.6 Å². The Morgan fingerprint density at radius 3 is 2.44 bits per heavy atom. The highest BCUT2D eigenvalue weighted by atomic mass is 35.5. The second-order valence-corrected chi connectivity index (χ2v) is 5.82. The molecule has 1 saturated carbocycles. The first-order valence-electron chi connectivity index (χ1n) is 6.44. The van der Waals surface area contributed by atoms with Gasteiger partial charge in [0.15, 0.2) is 0 Å². The molecule has 0 saturated heterocycles. The molecule has 1 aromatic carbocycles. The number of halogens is 1. The molecule has 0 radical (unpaired) electrons. The van der Waals surface area contributed by atoms with Crippen molar-refractivity contribution < 1.29 is 4.74 Å². The maximum absolute atomic E-state index is 8.79. The number of rotatable bonds is 2. The molecule has 0 spiro atoms. The summed E-state index contributed by atoms with van der Waals surface area (Å²) in [6.45, 7) is 4.54. The zero-order valence-corrected chi connectivity index (χ0v) is 11.6. The number of hydrogen-bond donors (Lipinski definition) is 0. The largest absolute Gasteiger partial charge is 0.489 e. The summed E-state index contributed by atoms with van der Waals surface area (Å²) in [5.41, 5.74) is 0.567. The number of nitriles is 1. The van der Waals surface area contributed by atoms with Crippen molar-refractivity contribution in [1.29, 1.82) is 5.26 Å². The molecule has 1 aliphatic rings. The molecule has 3 heteroatoms. The summed E-state index contributed by atoms with van der Waals surface area (Å²) in [6, 6.07) is 7.28. The standard InChI is InChI=1S/C15H18ClNO/c1-10-5-11(2)7-13(6-10)18-15-4-3-12(9-17)8-14(15)16/h3-4,8,10-11,13H,5-7H2,1-2H3. The molecular weight excluding hydrogens is 246 g/mol. The van der Waals surface area contributed by atoms with Crippen molar-refractivity contribution >= 4 is 11.6 Å². The maximum atomic E-state index is 8.79. The van der Waals surface area contributed by atoms with E-state index in [1.54, 1.807) is 18.2 Å². The van der Waals surface area contributed by atoms with Gasteiger partial charge in [0.2, 0.25) is 0 Å². The molecule has 0 aliphatic heterocycles. The molecule has 0 aromatic heterocycles. The summed E-state index contributed by atoms with van der Waals surface area (Å²) in [6.07, 6.45) is 3.69. The van der Waals surface area contributed by atoms with E-state index in [-0.39, 0.29) is 6.10 Å². The number of ether oxygens (including phenoxy) is 1. The highest BCUT2D eigenvalue weighted by molar-refractivity contribution is 6.32. The Hall–Kier alpha value is -1.20. The van der Waals surface area contributed by atoms with Crippen LogP contribution in [0.1, 0.15) is 38.7 Å². The van der Waals surface area contributed by atoms with Gasteiger partial charge in [-0.25, -0.2) is 0 Å². The van der Waals surface area contributed by atoms with Gasteiger partial charge in [-0.05, 0) is 49.3 Å². The molecule has 96 valence electrons. The van der Waals surface area contributed by atoms with E-state index >= 15 is 0 Å². The van der Waals surface area contributed by atoms with Crippen LogP contribution in [0.2, 0.25) is 5.02 Å². The van der Waals surface area contributed by atoms with Crippen molar-refractivity contribution in [1.82, 2.24) is 0 Å². The smallest absolute Gasteiger partial charge is 0.138 e. The first-order valence-corrected chi connectivity index (χ1v) is 6.82. The van der Waals surface area contributed by atoms with Gasteiger partial charge in [0.25, 0.3) is 0 Å². The predicted octanol–water partition coefficient (Wildman–Crippen LogP) is 4.42. The fourth-order valence-electron chi connectivity index (χ4n) is 2.81. The molecule has 0 N–H and O–H groups in total. The van der Waals surface area contributed by atoms with E-state index < -0.39 is 0 Å². The van der Waals surface area contributed by atoms with Gasteiger partial charge in [-0.15, -0.1) is 0 Å². The fraction of sp³-hybridized carbons (Fsp3) is 0.533. The summed E-state index contributed by atoms with van der Waals surface area (Å²) < 4.78 is 5.99. The highest BCUT2D eigenvalue weighted by Crippen LogP contribution is 2.33. The molecular formula is C15H18ClNO. The Bertz CT molecular complexity index is 456. The topological polar surface area (TPSA) is 33.0 Å². The number of nitrogens with zero attached hydrogens (tertiary/aromatic N) is 1. The minimum Gasteiger partial charge on any atom is -0.489 e. The van der Waals surface area contributed by atoms with Gasteiger partial charge < -0.3 is 4.74 Å². The van der Waals surface area contributed by atoms with Gasteiger partial charge in [0, 0.05) is 0 Å². The molecule has 1 aromatic rings. The maximum Gasteiger partial charge on any atom is 0.138 e. The first-order chi connectivity index (χ1) is 8.58. The Kier molecular flexibility index (Phi) is 4.14.